The number of hydrogen-bond donors (Lipinski definition) is 0. The molecule has 0 amide bonds. The molecule has 1 aromatic heterocycles. The Morgan fingerprint density at radius 3 is 2.38 bits per heavy atom. The SMILES string of the molecule is COc1ccc(-c2cc(Cl)oc(=O)c2)cc1. The van der Waals surface area contributed by atoms with Gasteiger partial charge in [-0.1, -0.05) is 12.1 Å². The van der Waals surface area contributed by atoms with Gasteiger partial charge in [0.1, 0.15) is 5.75 Å². The summed E-state index contributed by atoms with van der Waals surface area (Å²) in [6.45, 7) is 0. The van der Waals surface area contributed by atoms with Gasteiger partial charge in [-0.15, -0.1) is 0 Å². The lowest BCUT2D eigenvalue weighted by atomic mass is 10.1. The molecule has 0 saturated carbocycles. The molecule has 1 heterocycles. The fourth-order valence-corrected chi connectivity index (χ4v) is 1.59. The van der Waals surface area contributed by atoms with Gasteiger partial charge >= 0.3 is 5.63 Å². The van der Waals surface area contributed by atoms with E-state index in [0.717, 1.165) is 16.9 Å². The van der Waals surface area contributed by atoms with Crippen molar-refractivity contribution in [2.75, 3.05) is 7.11 Å². The van der Waals surface area contributed by atoms with E-state index in [9.17, 15) is 4.79 Å². The summed E-state index contributed by atoms with van der Waals surface area (Å²) in [4.78, 5) is 11.1. The predicted molar refractivity (Wildman–Crippen MR) is 62.0 cm³/mol. The van der Waals surface area contributed by atoms with Crippen molar-refractivity contribution in [3.63, 3.8) is 0 Å². The average molecular weight is 237 g/mol. The van der Waals surface area contributed by atoms with E-state index in [-0.39, 0.29) is 5.22 Å². The first kappa shape index (κ1) is 10.8. The van der Waals surface area contributed by atoms with Crippen LogP contribution < -0.4 is 10.4 Å². The average Bonchev–Trinajstić information content (AvgIpc) is 2.28. The highest BCUT2D eigenvalue weighted by molar-refractivity contribution is 6.29. The van der Waals surface area contributed by atoms with E-state index >= 15 is 0 Å². The highest BCUT2D eigenvalue weighted by atomic mass is 35.5. The molecule has 1 aromatic carbocycles. The lowest BCUT2D eigenvalue weighted by Gasteiger charge is -2.03. The minimum atomic E-state index is -0.460. The number of benzene rings is 1. The second kappa shape index (κ2) is 4.41. The quantitative estimate of drug-likeness (QED) is 0.805. The van der Waals surface area contributed by atoms with Crippen LogP contribution in [0.15, 0.2) is 45.6 Å². The summed E-state index contributed by atoms with van der Waals surface area (Å²) < 4.78 is 9.72. The molecule has 0 aliphatic carbocycles. The minimum absolute atomic E-state index is 0.0818. The summed E-state index contributed by atoms with van der Waals surface area (Å²) in [6.07, 6.45) is 0. The Labute approximate surface area is 97.2 Å². The van der Waals surface area contributed by atoms with E-state index in [0.29, 0.717) is 0 Å². The molecule has 0 unspecified atom stereocenters. The van der Waals surface area contributed by atoms with Gasteiger partial charge in [-0.25, -0.2) is 4.79 Å². The third-order valence-electron chi connectivity index (χ3n) is 2.16. The lowest BCUT2D eigenvalue weighted by molar-refractivity contribution is 0.415. The maximum Gasteiger partial charge on any atom is 0.337 e. The molecule has 0 bridgehead atoms. The van der Waals surface area contributed by atoms with Crippen LogP contribution in [0.5, 0.6) is 5.75 Å². The fourth-order valence-electron chi connectivity index (χ4n) is 1.40. The van der Waals surface area contributed by atoms with Crippen molar-refractivity contribution in [1.29, 1.82) is 0 Å². The normalized spacial score (nSPS) is 10.1. The first-order chi connectivity index (χ1) is 7.69. The monoisotopic (exact) mass is 236 g/mol. The van der Waals surface area contributed by atoms with E-state index < -0.39 is 5.63 Å². The molecule has 0 radical (unpaired) electrons. The number of hydrogen-bond acceptors (Lipinski definition) is 3. The van der Waals surface area contributed by atoms with Crippen LogP contribution in [0.4, 0.5) is 0 Å². The number of halogens is 1. The van der Waals surface area contributed by atoms with Gasteiger partial charge in [0, 0.05) is 12.1 Å². The van der Waals surface area contributed by atoms with E-state index in [4.69, 9.17) is 16.3 Å². The zero-order valence-corrected chi connectivity index (χ0v) is 9.32. The second-order valence-electron chi connectivity index (χ2n) is 3.20. The molecule has 3 nitrogen and oxygen atoms in total. The fraction of sp³-hybridized carbons (Fsp3) is 0.0833. The van der Waals surface area contributed by atoms with Gasteiger partial charge in [0.2, 0.25) is 0 Å². The van der Waals surface area contributed by atoms with Gasteiger partial charge in [-0.3, -0.25) is 0 Å². The van der Waals surface area contributed by atoms with Gasteiger partial charge in [0.05, 0.1) is 7.11 Å². The summed E-state index contributed by atoms with van der Waals surface area (Å²) >= 11 is 5.67. The van der Waals surface area contributed by atoms with E-state index in [2.05, 4.69) is 4.42 Å². The summed E-state index contributed by atoms with van der Waals surface area (Å²) in [5, 5.41) is 0.0818. The van der Waals surface area contributed by atoms with Gasteiger partial charge < -0.3 is 9.15 Å². The molecular formula is C12H9ClO3. The molecule has 2 rings (SSSR count). The Balaban J connectivity index is 2.46. The van der Waals surface area contributed by atoms with Crippen molar-refractivity contribution >= 4 is 11.6 Å². The highest BCUT2D eigenvalue weighted by Crippen LogP contribution is 2.23. The molecule has 0 aliphatic rings. The van der Waals surface area contributed by atoms with Crippen molar-refractivity contribution in [2.45, 2.75) is 0 Å². The smallest absolute Gasteiger partial charge is 0.337 e. The Morgan fingerprint density at radius 2 is 1.81 bits per heavy atom. The first-order valence-electron chi connectivity index (χ1n) is 4.64. The Kier molecular flexibility index (Phi) is 2.97. The van der Waals surface area contributed by atoms with Crippen LogP contribution in [0.2, 0.25) is 5.22 Å². The molecule has 0 aliphatic heterocycles. The van der Waals surface area contributed by atoms with Crippen molar-refractivity contribution in [3.8, 4) is 16.9 Å². The van der Waals surface area contributed by atoms with Crippen LogP contribution in [0.25, 0.3) is 11.1 Å². The maximum absolute atomic E-state index is 11.1. The van der Waals surface area contributed by atoms with Crippen molar-refractivity contribution in [1.82, 2.24) is 0 Å². The molecule has 0 N–H and O–H groups in total. The summed E-state index contributed by atoms with van der Waals surface area (Å²) in [5.41, 5.74) is 1.15. The first-order valence-corrected chi connectivity index (χ1v) is 5.02. The van der Waals surface area contributed by atoms with E-state index in [1.165, 1.54) is 6.07 Å². The predicted octanol–water partition coefficient (Wildman–Crippen LogP) is 2.97. The Morgan fingerprint density at radius 1 is 1.12 bits per heavy atom. The van der Waals surface area contributed by atoms with Crippen LogP contribution in [-0.4, -0.2) is 7.11 Å². The van der Waals surface area contributed by atoms with E-state index in [1.807, 2.05) is 24.3 Å². The summed E-state index contributed by atoms with van der Waals surface area (Å²) in [6, 6.07) is 10.3. The zero-order valence-electron chi connectivity index (χ0n) is 8.57. The third-order valence-corrected chi connectivity index (χ3v) is 2.35. The van der Waals surface area contributed by atoms with Gasteiger partial charge in [-0.05, 0) is 34.9 Å². The molecule has 2 aromatic rings. The van der Waals surface area contributed by atoms with Crippen LogP contribution >= 0.6 is 11.6 Å². The summed E-state index contributed by atoms with van der Waals surface area (Å²) in [7, 11) is 1.60. The number of ether oxygens (including phenoxy) is 1. The maximum atomic E-state index is 11.1. The van der Waals surface area contributed by atoms with E-state index in [1.54, 1.807) is 13.2 Å². The van der Waals surface area contributed by atoms with Crippen LogP contribution in [-0.2, 0) is 0 Å². The molecular weight excluding hydrogens is 228 g/mol. The molecule has 82 valence electrons. The van der Waals surface area contributed by atoms with Crippen LogP contribution in [0, 0.1) is 0 Å². The topological polar surface area (TPSA) is 39.4 Å². The van der Waals surface area contributed by atoms with Gasteiger partial charge in [0.15, 0.2) is 5.22 Å². The van der Waals surface area contributed by atoms with Crippen molar-refractivity contribution in [3.05, 3.63) is 52.0 Å². The summed E-state index contributed by atoms with van der Waals surface area (Å²) in [5.74, 6) is 0.762. The minimum Gasteiger partial charge on any atom is -0.497 e. The zero-order chi connectivity index (χ0) is 11.5. The van der Waals surface area contributed by atoms with Crippen molar-refractivity contribution < 1.29 is 9.15 Å². The highest BCUT2D eigenvalue weighted by Gasteiger charge is 2.02. The molecule has 0 atom stereocenters. The number of rotatable bonds is 2. The Bertz CT molecular complexity index is 543. The van der Waals surface area contributed by atoms with Crippen molar-refractivity contribution in [2.24, 2.45) is 0 Å². The largest absolute Gasteiger partial charge is 0.497 e. The molecule has 0 spiro atoms. The van der Waals surface area contributed by atoms with Gasteiger partial charge in [-0.2, -0.15) is 0 Å². The van der Waals surface area contributed by atoms with Crippen LogP contribution in [0.3, 0.4) is 0 Å². The Hall–Kier alpha value is -1.74. The standard InChI is InChI=1S/C12H9ClO3/c1-15-10-4-2-8(3-5-10)9-6-11(13)16-12(14)7-9/h2-7H,1H3. The third kappa shape index (κ3) is 2.25. The molecule has 0 fully saturated rings. The van der Waals surface area contributed by atoms with Gasteiger partial charge in [0.25, 0.3) is 0 Å². The number of methoxy groups -OCH3 is 1. The molecule has 4 heteroatoms. The lowest BCUT2D eigenvalue weighted by Crippen LogP contribution is -1.96. The second-order valence-corrected chi connectivity index (χ2v) is 3.57. The van der Waals surface area contributed by atoms with Crippen LogP contribution in [0.1, 0.15) is 0 Å². The molecule has 16 heavy (non-hydrogen) atoms. The molecule has 0 saturated heterocycles.